The van der Waals surface area contributed by atoms with Crippen molar-refractivity contribution in [2.24, 2.45) is 0 Å². The van der Waals surface area contributed by atoms with Crippen LogP contribution in [0.2, 0.25) is 0 Å². The summed E-state index contributed by atoms with van der Waals surface area (Å²) in [6.07, 6.45) is 2.07. The van der Waals surface area contributed by atoms with Crippen LogP contribution in [0.1, 0.15) is 28.0 Å². The van der Waals surface area contributed by atoms with Crippen LogP contribution in [-0.2, 0) is 11.3 Å². The number of amides is 2. The second-order valence-corrected chi connectivity index (χ2v) is 5.35. The SMILES string of the molecule is N#Cc1ccc(CN2CC[C@@H](NC(=O)c3ccn[nH]3)C2=O)cc1. The first-order valence-corrected chi connectivity index (χ1v) is 7.25. The Hall–Kier alpha value is -3.14. The van der Waals surface area contributed by atoms with Crippen molar-refractivity contribution in [2.45, 2.75) is 19.0 Å². The van der Waals surface area contributed by atoms with Crippen molar-refractivity contribution in [2.75, 3.05) is 6.54 Å². The summed E-state index contributed by atoms with van der Waals surface area (Å²) in [6, 6.07) is 10.2. The molecule has 7 heteroatoms. The second-order valence-electron chi connectivity index (χ2n) is 5.35. The van der Waals surface area contributed by atoms with E-state index in [-0.39, 0.29) is 11.8 Å². The summed E-state index contributed by atoms with van der Waals surface area (Å²) in [7, 11) is 0. The predicted octanol–water partition coefficient (Wildman–Crippen LogP) is 0.812. The van der Waals surface area contributed by atoms with Gasteiger partial charge in [0.2, 0.25) is 5.91 Å². The van der Waals surface area contributed by atoms with E-state index in [0.717, 1.165) is 5.56 Å². The maximum Gasteiger partial charge on any atom is 0.269 e. The lowest BCUT2D eigenvalue weighted by Gasteiger charge is -2.17. The van der Waals surface area contributed by atoms with Crippen LogP contribution in [-0.4, -0.2) is 39.5 Å². The first-order valence-electron chi connectivity index (χ1n) is 7.25. The fourth-order valence-corrected chi connectivity index (χ4v) is 2.55. The number of aromatic nitrogens is 2. The third-order valence-corrected chi connectivity index (χ3v) is 3.80. The average Bonchev–Trinajstić information content (AvgIpc) is 3.21. The number of aromatic amines is 1. The fourth-order valence-electron chi connectivity index (χ4n) is 2.55. The normalized spacial score (nSPS) is 17.1. The first kappa shape index (κ1) is 14.8. The summed E-state index contributed by atoms with van der Waals surface area (Å²) in [5.41, 5.74) is 1.88. The Balaban J connectivity index is 1.60. The number of benzene rings is 1. The van der Waals surface area contributed by atoms with Gasteiger partial charge in [-0.1, -0.05) is 12.1 Å². The molecule has 0 bridgehead atoms. The number of H-pyrrole nitrogens is 1. The molecule has 0 aliphatic carbocycles. The lowest BCUT2D eigenvalue weighted by molar-refractivity contribution is -0.129. The summed E-state index contributed by atoms with van der Waals surface area (Å²) in [4.78, 5) is 26.0. The van der Waals surface area contributed by atoms with Crippen molar-refractivity contribution in [1.82, 2.24) is 20.4 Å². The highest BCUT2D eigenvalue weighted by atomic mass is 16.2. The number of carbonyl (C=O) groups excluding carboxylic acids is 2. The van der Waals surface area contributed by atoms with E-state index in [1.54, 1.807) is 23.1 Å². The molecule has 1 aliphatic rings. The Kier molecular flexibility index (Phi) is 4.06. The molecular formula is C16H15N5O2. The van der Waals surface area contributed by atoms with Crippen LogP contribution in [0.25, 0.3) is 0 Å². The highest BCUT2D eigenvalue weighted by Gasteiger charge is 2.32. The molecule has 1 aliphatic heterocycles. The molecular weight excluding hydrogens is 294 g/mol. The van der Waals surface area contributed by atoms with Crippen molar-refractivity contribution in [1.29, 1.82) is 5.26 Å². The topological polar surface area (TPSA) is 102 Å². The van der Waals surface area contributed by atoms with Gasteiger partial charge in [0.25, 0.3) is 5.91 Å². The molecule has 0 radical (unpaired) electrons. The van der Waals surface area contributed by atoms with Crippen LogP contribution < -0.4 is 5.32 Å². The summed E-state index contributed by atoms with van der Waals surface area (Å²) in [5, 5.41) is 17.8. The van der Waals surface area contributed by atoms with E-state index in [0.29, 0.717) is 30.8 Å². The van der Waals surface area contributed by atoms with Gasteiger partial charge in [-0.2, -0.15) is 10.4 Å². The van der Waals surface area contributed by atoms with Crippen molar-refractivity contribution < 1.29 is 9.59 Å². The number of likely N-dealkylation sites (tertiary alicyclic amines) is 1. The highest BCUT2D eigenvalue weighted by Crippen LogP contribution is 2.16. The van der Waals surface area contributed by atoms with Crippen LogP contribution in [0, 0.1) is 11.3 Å². The summed E-state index contributed by atoms with van der Waals surface area (Å²) in [5.74, 6) is -0.428. The fraction of sp³-hybridized carbons (Fsp3) is 0.250. The molecule has 2 aromatic rings. The van der Waals surface area contributed by atoms with E-state index >= 15 is 0 Å². The number of carbonyl (C=O) groups is 2. The van der Waals surface area contributed by atoms with Gasteiger partial charge in [-0.15, -0.1) is 0 Å². The molecule has 0 saturated carbocycles. The molecule has 1 aromatic carbocycles. The summed E-state index contributed by atoms with van der Waals surface area (Å²) < 4.78 is 0. The third kappa shape index (κ3) is 3.21. The van der Waals surface area contributed by atoms with Crippen molar-refractivity contribution in [3.8, 4) is 6.07 Å². The van der Waals surface area contributed by atoms with Gasteiger partial charge in [-0.25, -0.2) is 0 Å². The Morgan fingerprint density at radius 1 is 1.39 bits per heavy atom. The van der Waals surface area contributed by atoms with Crippen LogP contribution >= 0.6 is 0 Å². The number of nitriles is 1. The smallest absolute Gasteiger partial charge is 0.269 e. The monoisotopic (exact) mass is 309 g/mol. The zero-order valence-corrected chi connectivity index (χ0v) is 12.3. The van der Waals surface area contributed by atoms with Gasteiger partial charge < -0.3 is 10.2 Å². The van der Waals surface area contributed by atoms with Crippen LogP contribution in [0.4, 0.5) is 0 Å². The zero-order valence-electron chi connectivity index (χ0n) is 12.3. The minimum atomic E-state index is -0.510. The van der Waals surface area contributed by atoms with Gasteiger partial charge in [0, 0.05) is 19.3 Å². The molecule has 1 aromatic heterocycles. The summed E-state index contributed by atoms with van der Waals surface area (Å²) in [6.45, 7) is 1.06. The largest absolute Gasteiger partial charge is 0.339 e. The van der Waals surface area contributed by atoms with Gasteiger partial charge >= 0.3 is 0 Å². The van der Waals surface area contributed by atoms with E-state index in [1.165, 1.54) is 6.20 Å². The third-order valence-electron chi connectivity index (χ3n) is 3.80. The lowest BCUT2D eigenvalue weighted by atomic mass is 10.1. The highest BCUT2D eigenvalue weighted by molar-refractivity contribution is 5.96. The minimum absolute atomic E-state index is 0.0952. The number of hydrogen-bond donors (Lipinski definition) is 2. The molecule has 0 unspecified atom stereocenters. The zero-order chi connectivity index (χ0) is 16.2. The molecule has 1 atom stereocenters. The Bertz CT molecular complexity index is 746. The number of rotatable bonds is 4. The maximum atomic E-state index is 12.4. The Labute approximate surface area is 132 Å². The van der Waals surface area contributed by atoms with E-state index in [9.17, 15) is 9.59 Å². The molecule has 2 amide bonds. The quantitative estimate of drug-likeness (QED) is 0.872. The lowest BCUT2D eigenvalue weighted by Crippen LogP contribution is -2.41. The van der Waals surface area contributed by atoms with E-state index in [2.05, 4.69) is 21.6 Å². The van der Waals surface area contributed by atoms with Crippen LogP contribution in [0.3, 0.4) is 0 Å². The number of nitrogens with one attached hydrogen (secondary N) is 2. The Morgan fingerprint density at radius 3 is 2.83 bits per heavy atom. The van der Waals surface area contributed by atoms with Crippen molar-refractivity contribution in [3.63, 3.8) is 0 Å². The van der Waals surface area contributed by atoms with Gasteiger partial charge in [-0.05, 0) is 30.2 Å². The Morgan fingerprint density at radius 2 is 2.17 bits per heavy atom. The van der Waals surface area contributed by atoms with E-state index < -0.39 is 6.04 Å². The van der Waals surface area contributed by atoms with E-state index in [4.69, 9.17) is 5.26 Å². The molecule has 2 N–H and O–H groups in total. The molecule has 7 nitrogen and oxygen atoms in total. The molecule has 2 heterocycles. The first-order chi connectivity index (χ1) is 11.2. The van der Waals surface area contributed by atoms with Crippen molar-refractivity contribution in [3.05, 3.63) is 53.3 Å². The second kappa shape index (κ2) is 6.32. The van der Waals surface area contributed by atoms with Gasteiger partial charge in [0.15, 0.2) is 0 Å². The molecule has 23 heavy (non-hydrogen) atoms. The minimum Gasteiger partial charge on any atom is -0.339 e. The molecule has 1 fully saturated rings. The average molecular weight is 309 g/mol. The van der Waals surface area contributed by atoms with Gasteiger partial charge in [0.1, 0.15) is 11.7 Å². The van der Waals surface area contributed by atoms with Crippen LogP contribution in [0.15, 0.2) is 36.5 Å². The van der Waals surface area contributed by atoms with Gasteiger partial charge in [-0.3, -0.25) is 14.7 Å². The predicted molar refractivity (Wildman–Crippen MR) is 81.0 cm³/mol. The molecule has 1 saturated heterocycles. The summed E-state index contributed by atoms with van der Waals surface area (Å²) >= 11 is 0. The molecule has 3 rings (SSSR count). The standard InChI is InChI=1S/C16H15N5O2/c17-9-11-1-3-12(4-2-11)10-21-8-6-14(16(21)23)19-15(22)13-5-7-18-20-13/h1-5,7,14H,6,8,10H2,(H,18,20)(H,19,22)/t14-/m1/s1. The number of nitrogens with zero attached hydrogens (tertiary/aromatic N) is 3. The molecule has 0 spiro atoms. The van der Waals surface area contributed by atoms with Gasteiger partial charge in [0.05, 0.1) is 11.6 Å². The van der Waals surface area contributed by atoms with Crippen LogP contribution in [0.5, 0.6) is 0 Å². The van der Waals surface area contributed by atoms with E-state index in [1.807, 2.05) is 12.1 Å². The van der Waals surface area contributed by atoms with Crippen molar-refractivity contribution >= 4 is 11.8 Å². The molecule has 116 valence electrons. The number of hydrogen-bond acceptors (Lipinski definition) is 4. The maximum absolute atomic E-state index is 12.4.